The lowest BCUT2D eigenvalue weighted by molar-refractivity contribution is -0.122. The zero-order chi connectivity index (χ0) is 26.3. The minimum atomic E-state index is -3.86. The molecule has 0 spiro atoms. The van der Waals surface area contributed by atoms with Crippen LogP contribution >= 0.6 is 0 Å². The molecule has 1 amide bonds. The molecule has 0 aliphatic carbocycles. The molecule has 0 aromatic heterocycles. The van der Waals surface area contributed by atoms with Gasteiger partial charge in [0.2, 0.25) is 15.9 Å². The van der Waals surface area contributed by atoms with Gasteiger partial charge in [0.25, 0.3) is 0 Å². The van der Waals surface area contributed by atoms with Crippen LogP contribution in [0.4, 0.5) is 0 Å². The molecule has 190 valence electrons. The van der Waals surface area contributed by atoms with Gasteiger partial charge in [-0.25, -0.2) is 8.42 Å². The van der Waals surface area contributed by atoms with Crippen molar-refractivity contribution in [2.75, 3.05) is 14.2 Å². The number of carbonyl (C=O) groups excluding carboxylic acids is 1. The summed E-state index contributed by atoms with van der Waals surface area (Å²) in [5.74, 6) is 0.377. The number of carbonyl (C=O) groups is 1. The van der Waals surface area contributed by atoms with E-state index in [0.29, 0.717) is 11.3 Å². The van der Waals surface area contributed by atoms with E-state index in [4.69, 9.17) is 4.74 Å². The largest absolute Gasteiger partial charge is 0.497 e. The maximum absolute atomic E-state index is 13.5. The molecule has 6 nitrogen and oxygen atoms in total. The number of methoxy groups -OCH3 is 1. The smallest absolute Gasteiger partial charge is 0.243 e. The third-order valence-corrected chi connectivity index (χ3v) is 8.19. The second-order valence-corrected chi connectivity index (χ2v) is 10.6. The Balaban J connectivity index is 1.65. The van der Waals surface area contributed by atoms with Crippen LogP contribution in [-0.4, -0.2) is 32.8 Å². The highest BCUT2D eigenvalue weighted by Crippen LogP contribution is 2.31. The molecule has 0 fully saturated rings. The predicted octanol–water partition coefficient (Wildman–Crippen LogP) is 5.35. The molecule has 0 unspecified atom stereocenters. The Hall–Kier alpha value is -3.94. The molecule has 0 aliphatic heterocycles. The molecule has 0 saturated carbocycles. The number of ether oxygens (including phenoxy) is 1. The van der Waals surface area contributed by atoms with Crippen LogP contribution in [0.5, 0.6) is 5.75 Å². The van der Waals surface area contributed by atoms with E-state index in [2.05, 4.69) is 5.32 Å². The van der Waals surface area contributed by atoms with Crippen molar-refractivity contribution in [1.82, 2.24) is 9.62 Å². The van der Waals surface area contributed by atoms with E-state index in [9.17, 15) is 13.2 Å². The summed E-state index contributed by atoms with van der Waals surface area (Å²) in [4.78, 5) is 13.7. The van der Waals surface area contributed by atoms with Gasteiger partial charge in [-0.2, -0.15) is 4.31 Å². The van der Waals surface area contributed by atoms with E-state index in [-0.39, 0.29) is 23.3 Å². The molecule has 1 atom stereocenters. The summed E-state index contributed by atoms with van der Waals surface area (Å²) in [6, 6.07) is 33.7. The summed E-state index contributed by atoms with van der Waals surface area (Å²) in [7, 11) is -0.779. The molecule has 0 saturated heterocycles. The number of hydrogen-bond acceptors (Lipinski definition) is 4. The van der Waals surface area contributed by atoms with Crippen LogP contribution in [0.25, 0.3) is 0 Å². The minimum absolute atomic E-state index is 0.0644. The second kappa shape index (κ2) is 11.9. The SMILES string of the molecule is COc1ccc([C@H](CC(=O)NC(c2ccccc2)c2ccccc2)N(C)S(=O)(=O)c2ccccc2)cc1. The van der Waals surface area contributed by atoms with Crippen LogP contribution in [-0.2, 0) is 14.8 Å². The number of rotatable bonds is 10. The molecule has 0 heterocycles. The Kier molecular flexibility index (Phi) is 8.38. The van der Waals surface area contributed by atoms with Crippen LogP contribution < -0.4 is 10.1 Å². The molecular formula is C30H30N2O4S. The van der Waals surface area contributed by atoms with Crippen molar-refractivity contribution in [2.24, 2.45) is 0 Å². The van der Waals surface area contributed by atoms with Crippen molar-refractivity contribution in [1.29, 1.82) is 0 Å². The third-order valence-electron chi connectivity index (χ3n) is 6.31. The number of nitrogens with zero attached hydrogens (tertiary/aromatic N) is 1. The quantitative estimate of drug-likeness (QED) is 0.309. The lowest BCUT2D eigenvalue weighted by Gasteiger charge is -2.29. The van der Waals surface area contributed by atoms with E-state index >= 15 is 0 Å². The van der Waals surface area contributed by atoms with Gasteiger partial charge in [0.05, 0.1) is 24.1 Å². The topological polar surface area (TPSA) is 75.7 Å². The van der Waals surface area contributed by atoms with Gasteiger partial charge >= 0.3 is 0 Å². The molecule has 37 heavy (non-hydrogen) atoms. The Labute approximate surface area is 218 Å². The van der Waals surface area contributed by atoms with Crippen LogP contribution in [0, 0.1) is 0 Å². The zero-order valence-electron chi connectivity index (χ0n) is 20.8. The van der Waals surface area contributed by atoms with Gasteiger partial charge in [-0.05, 0) is 41.0 Å². The Morgan fingerprint density at radius 3 is 1.73 bits per heavy atom. The molecule has 0 bridgehead atoms. The van der Waals surface area contributed by atoms with Crippen molar-refractivity contribution in [3.63, 3.8) is 0 Å². The van der Waals surface area contributed by atoms with E-state index in [1.807, 2.05) is 60.7 Å². The molecular weight excluding hydrogens is 484 g/mol. The van der Waals surface area contributed by atoms with Crippen molar-refractivity contribution in [3.05, 3.63) is 132 Å². The predicted molar refractivity (Wildman–Crippen MR) is 145 cm³/mol. The van der Waals surface area contributed by atoms with Crippen LogP contribution in [0.2, 0.25) is 0 Å². The molecule has 0 aliphatic rings. The number of benzene rings is 4. The second-order valence-electron chi connectivity index (χ2n) is 8.65. The number of nitrogens with one attached hydrogen (secondary N) is 1. The molecule has 4 aromatic rings. The summed E-state index contributed by atoms with van der Waals surface area (Å²) in [5.41, 5.74) is 2.57. The first-order chi connectivity index (χ1) is 17.9. The monoisotopic (exact) mass is 514 g/mol. The highest BCUT2D eigenvalue weighted by Gasteiger charge is 2.31. The lowest BCUT2D eigenvalue weighted by Crippen LogP contribution is -2.36. The zero-order valence-corrected chi connectivity index (χ0v) is 21.6. The normalized spacial score (nSPS) is 12.3. The summed E-state index contributed by atoms with van der Waals surface area (Å²) < 4.78 is 33.5. The lowest BCUT2D eigenvalue weighted by atomic mass is 9.97. The summed E-state index contributed by atoms with van der Waals surface area (Å²) in [5, 5.41) is 3.13. The van der Waals surface area contributed by atoms with E-state index in [0.717, 1.165) is 11.1 Å². The molecule has 0 radical (unpaired) electrons. The maximum Gasteiger partial charge on any atom is 0.243 e. The fourth-order valence-electron chi connectivity index (χ4n) is 4.25. The van der Waals surface area contributed by atoms with Crippen molar-refractivity contribution in [3.8, 4) is 5.75 Å². The number of amides is 1. The highest BCUT2D eigenvalue weighted by atomic mass is 32.2. The van der Waals surface area contributed by atoms with Crippen LogP contribution in [0.15, 0.2) is 120 Å². The molecule has 4 aromatic carbocycles. The van der Waals surface area contributed by atoms with Gasteiger partial charge in [0.1, 0.15) is 5.75 Å². The minimum Gasteiger partial charge on any atom is -0.497 e. The highest BCUT2D eigenvalue weighted by molar-refractivity contribution is 7.89. The maximum atomic E-state index is 13.5. The average molecular weight is 515 g/mol. The molecule has 7 heteroatoms. The first kappa shape index (κ1) is 26.1. The van der Waals surface area contributed by atoms with Crippen LogP contribution in [0.3, 0.4) is 0 Å². The van der Waals surface area contributed by atoms with Gasteiger partial charge in [-0.3, -0.25) is 4.79 Å². The summed E-state index contributed by atoms with van der Waals surface area (Å²) in [6.07, 6.45) is -0.0644. The van der Waals surface area contributed by atoms with Crippen molar-refractivity contribution >= 4 is 15.9 Å². The fourth-order valence-corrected chi connectivity index (χ4v) is 5.62. The van der Waals surface area contributed by atoms with Gasteiger partial charge in [-0.1, -0.05) is 91.0 Å². The first-order valence-electron chi connectivity index (χ1n) is 12.0. The van der Waals surface area contributed by atoms with Gasteiger partial charge < -0.3 is 10.1 Å². The van der Waals surface area contributed by atoms with Gasteiger partial charge in [0, 0.05) is 13.5 Å². The first-order valence-corrected chi connectivity index (χ1v) is 13.4. The van der Waals surface area contributed by atoms with E-state index < -0.39 is 16.1 Å². The van der Waals surface area contributed by atoms with Gasteiger partial charge in [-0.15, -0.1) is 0 Å². The number of hydrogen-bond donors (Lipinski definition) is 1. The average Bonchev–Trinajstić information content (AvgIpc) is 2.95. The van der Waals surface area contributed by atoms with E-state index in [1.54, 1.807) is 61.7 Å². The molecule has 4 rings (SSSR count). The summed E-state index contributed by atoms with van der Waals surface area (Å²) >= 11 is 0. The Bertz CT molecular complexity index is 1360. The van der Waals surface area contributed by atoms with Crippen LogP contribution in [0.1, 0.15) is 35.2 Å². The Morgan fingerprint density at radius 2 is 1.24 bits per heavy atom. The molecule has 1 N–H and O–H groups in total. The van der Waals surface area contributed by atoms with Gasteiger partial charge in [0.15, 0.2) is 0 Å². The number of sulfonamides is 1. The van der Waals surface area contributed by atoms with Crippen molar-refractivity contribution < 1.29 is 17.9 Å². The summed E-state index contributed by atoms with van der Waals surface area (Å²) in [6.45, 7) is 0. The third kappa shape index (κ3) is 6.25. The van der Waals surface area contributed by atoms with E-state index in [1.165, 1.54) is 11.4 Å². The standard InChI is InChI=1S/C30H30N2O4S/c1-32(37(34,35)27-16-10-5-11-17-27)28(23-18-20-26(36-2)21-19-23)22-29(33)31-30(24-12-6-3-7-13-24)25-14-8-4-9-15-25/h3-21,28,30H,22H2,1-2H3,(H,31,33)/t28-/m0/s1. The Morgan fingerprint density at radius 1 is 0.757 bits per heavy atom. The fraction of sp³-hybridized carbons (Fsp3) is 0.167. The van der Waals surface area contributed by atoms with Crippen molar-refractivity contribution in [2.45, 2.75) is 23.4 Å².